The second-order valence-corrected chi connectivity index (χ2v) is 6.30. The van der Waals surface area contributed by atoms with Crippen molar-refractivity contribution in [3.8, 4) is 0 Å². The fourth-order valence-corrected chi connectivity index (χ4v) is 2.73. The Morgan fingerprint density at radius 1 is 1.15 bits per heavy atom. The minimum Gasteiger partial charge on any atom is -0.357 e. The average molecular weight is 492 g/mol. The molecular weight excluding hydrogens is 460 g/mol. The highest BCUT2D eigenvalue weighted by molar-refractivity contribution is 14.0. The van der Waals surface area contributed by atoms with Gasteiger partial charge in [-0.25, -0.2) is 0 Å². The molecule has 1 amide bonds. The Morgan fingerprint density at radius 2 is 1.92 bits per heavy atom. The van der Waals surface area contributed by atoms with Crippen molar-refractivity contribution in [1.82, 2.24) is 15.5 Å². The van der Waals surface area contributed by atoms with Crippen LogP contribution in [0.25, 0.3) is 0 Å². The molecule has 0 unspecified atom stereocenters. The fraction of sp³-hybridized carbons (Fsp3) is 0.882. The molecule has 154 valence electrons. The van der Waals surface area contributed by atoms with Crippen LogP contribution in [0.3, 0.4) is 0 Å². The maximum Gasteiger partial charge on any atom is 0.389 e. The molecule has 0 atom stereocenters. The number of nitrogens with zero attached hydrogens (tertiary/aromatic N) is 2. The number of hydrogen-bond acceptors (Lipinski definition) is 2. The lowest BCUT2D eigenvalue weighted by atomic mass is 10.2. The molecule has 0 aromatic heterocycles. The zero-order chi connectivity index (χ0) is 18.5. The molecule has 0 saturated carbocycles. The Hall–Kier alpha value is -0.740. The van der Waals surface area contributed by atoms with E-state index in [1.54, 1.807) is 0 Å². The minimum absolute atomic E-state index is 0. The third kappa shape index (κ3) is 12.6. The molecule has 1 fully saturated rings. The third-order valence-electron chi connectivity index (χ3n) is 4.05. The van der Waals surface area contributed by atoms with E-state index in [0.29, 0.717) is 45.0 Å². The highest BCUT2D eigenvalue weighted by Crippen LogP contribution is 2.21. The Kier molecular flexibility index (Phi) is 13.9. The van der Waals surface area contributed by atoms with Crippen LogP contribution in [-0.4, -0.2) is 55.7 Å². The lowest BCUT2D eigenvalue weighted by molar-refractivity contribution is -0.135. The molecule has 0 spiro atoms. The second-order valence-electron chi connectivity index (χ2n) is 6.30. The number of alkyl halides is 3. The lowest BCUT2D eigenvalue weighted by Crippen LogP contribution is -2.38. The van der Waals surface area contributed by atoms with E-state index in [1.807, 2.05) is 11.8 Å². The van der Waals surface area contributed by atoms with Gasteiger partial charge in [-0.05, 0) is 39.0 Å². The molecule has 0 bridgehead atoms. The number of rotatable bonds is 9. The van der Waals surface area contributed by atoms with Crippen molar-refractivity contribution in [2.45, 2.75) is 64.5 Å². The lowest BCUT2D eigenvalue weighted by Gasteiger charge is -2.20. The van der Waals surface area contributed by atoms with Crippen molar-refractivity contribution in [3.05, 3.63) is 0 Å². The van der Waals surface area contributed by atoms with Crippen LogP contribution in [0.5, 0.6) is 0 Å². The number of hydrogen-bond donors (Lipinski definition) is 2. The monoisotopic (exact) mass is 492 g/mol. The van der Waals surface area contributed by atoms with Gasteiger partial charge < -0.3 is 15.5 Å². The quantitative estimate of drug-likeness (QED) is 0.224. The van der Waals surface area contributed by atoms with Gasteiger partial charge in [0.05, 0.1) is 0 Å². The average Bonchev–Trinajstić information content (AvgIpc) is 2.74. The third-order valence-corrected chi connectivity index (χ3v) is 4.05. The highest BCUT2D eigenvalue weighted by Gasteiger charge is 2.25. The Morgan fingerprint density at radius 3 is 2.62 bits per heavy atom. The standard InChI is InChI=1S/C17H31F3N4O.HI/c1-2-21-16(22-11-6-5-10-17(18,19)20)23-12-8-14-24-13-7-3-4-9-15(24)25;/h2-14H2,1H3,(H2,21,22,23);1H. The topological polar surface area (TPSA) is 56.7 Å². The normalized spacial score (nSPS) is 16.1. The van der Waals surface area contributed by atoms with E-state index in [4.69, 9.17) is 0 Å². The number of unbranched alkanes of at least 4 members (excludes halogenated alkanes) is 1. The Labute approximate surface area is 171 Å². The van der Waals surface area contributed by atoms with Gasteiger partial charge in [0, 0.05) is 45.6 Å². The molecule has 1 aliphatic heterocycles. The zero-order valence-electron chi connectivity index (χ0n) is 15.5. The first-order chi connectivity index (χ1) is 11.9. The van der Waals surface area contributed by atoms with Gasteiger partial charge in [-0.2, -0.15) is 13.2 Å². The summed E-state index contributed by atoms with van der Waals surface area (Å²) in [5, 5.41) is 6.14. The van der Waals surface area contributed by atoms with Gasteiger partial charge in [-0.3, -0.25) is 9.79 Å². The molecule has 0 radical (unpaired) electrons. The maximum atomic E-state index is 12.1. The molecule has 1 saturated heterocycles. The molecule has 0 aliphatic carbocycles. The number of amides is 1. The number of aliphatic imine (C=N–C) groups is 1. The van der Waals surface area contributed by atoms with Crippen molar-refractivity contribution < 1.29 is 18.0 Å². The van der Waals surface area contributed by atoms with Gasteiger partial charge in [-0.1, -0.05) is 6.42 Å². The van der Waals surface area contributed by atoms with Crippen LogP contribution in [0, 0.1) is 0 Å². The predicted octanol–water partition coefficient (Wildman–Crippen LogP) is 3.68. The number of carbonyl (C=O) groups is 1. The number of halogens is 4. The molecule has 0 aromatic carbocycles. The first-order valence-electron chi connectivity index (χ1n) is 9.29. The van der Waals surface area contributed by atoms with Crippen molar-refractivity contribution in [2.75, 3.05) is 32.7 Å². The summed E-state index contributed by atoms with van der Waals surface area (Å²) in [5.41, 5.74) is 0. The minimum atomic E-state index is -4.08. The van der Waals surface area contributed by atoms with Gasteiger partial charge in [0.1, 0.15) is 0 Å². The fourth-order valence-electron chi connectivity index (χ4n) is 2.73. The van der Waals surface area contributed by atoms with E-state index < -0.39 is 12.6 Å². The van der Waals surface area contributed by atoms with E-state index in [-0.39, 0.29) is 36.3 Å². The van der Waals surface area contributed by atoms with E-state index >= 15 is 0 Å². The van der Waals surface area contributed by atoms with Crippen LogP contribution in [0.2, 0.25) is 0 Å². The molecule has 1 rings (SSSR count). The Bertz CT molecular complexity index is 419. The van der Waals surface area contributed by atoms with Crippen LogP contribution in [0.15, 0.2) is 4.99 Å². The summed E-state index contributed by atoms with van der Waals surface area (Å²) in [6.07, 6.45) is 0.340. The summed E-state index contributed by atoms with van der Waals surface area (Å²) in [7, 11) is 0. The van der Waals surface area contributed by atoms with E-state index in [1.165, 1.54) is 0 Å². The van der Waals surface area contributed by atoms with Gasteiger partial charge in [0.2, 0.25) is 5.91 Å². The van der Waals surface area contributed by atoms with Crippen molar-refractivity contribution in [2.24, 2.45) is 4.99 Å². The summed E-state index contributed by atoms with van der Waals surface area (Å²) in [6.45, 7) is 5.23. The number of carbonyl (C=O) groups excluding carboxylic acids is 1. The largest absolute Gasteiger partial charge is 0.389 e. The number of likely N-dealkylation sites (tertiary alicyclic amines) is 1. The van der Waals surface area contributed by atoms with E-state index in [9.17, 15) is 18.0 Å². The molecule has 9 heteroatoms. The van der Waals surface area contributed by atoms with Crippen molar-refractivity contribution >= 4 is 35.8 Å². The first-order valence-corrected chi connectivity index (χ1v) is 9.29. The molecular formula is C17H32F3IN4O. The number of guanidine groups is 1. The van der Waals surface area contributed by atoms with Crippen LogP contribution < -0.4 is 10.6 Å². The summed E-state index contributed by atoms with van der Waals surface area (Å²) < 4.78 is 36.3. The molecule has 1 heterocycles. The molecule has 2 N–H and O–H groups in total. The summed E-state index contributed by atoms with van der Waals surface area (Å²) in [5.74, 6) is 0.855. The Balaban J connectivity index is 0.00000625. The van der Waals surface area contributed by atoms with Crippen LogP contribution in [-0.2, 0) is 4.79 Å². The van der Waals surface area contributed by atoms with Crippen LogP contribution >= 0.6 is 24.0 Å². The van der Waals surface area contributed by atoms with E-state index in [0.717, 1.165) is 32.2 Å². The van der Waals surface area contributed by atoms with Gasteiger partial charge in [0.15, 0.2) is 5.96 Å². The van der Waals surface area contributed by atoms with E-state index in [2.05, 4.69) is 15.6 Å². The smallest absolute Gasteiger partial charge is 0.357 e. The predicted molar refractivity (Wildman–Crippen MR) is 109 cm³/mol. The summed E-state index contributed by atoms with van der Waals surface area (Å²) in [4.78, 5) is 18.2. The summed E-state index contributed by atoms with van der Waals surface area (Å²) >= 11 is 0. The number of nitrogens with one attached hydrogen (secondary N) is 2. The molecule has 5 nitrogen and oxygen atoms in total. The van der Waals surface area contributed by atoms with Crippen molar-refractivity contribution in [1.29, 1.82) is 0 Å². The SMILES string of the molecule is CCNC(=NCCCN1CCCCCC1=O)NCCCCC(F)(F)F.I. The van der Waals surface area contributed by atoms with Crippen molar-refractivity contribution in [3.63, 3.8) is 0 Å². The molecule has 26 heavy (non-hydrogen) atoms. The van der Waals surface area contributed by atoms with Crippen LogP contribution in [0.1, 0.15) is 58.3 Å². The zero-order valence-corrected chi connectivity index (χ0v) is 17.9. The van der Waals surface area contributed by atoms with Gasteiger partial charge in [0.25, 0.3) is 0 Å². The highest BCUT2D eigenvalue weighted by atomic mass is 127. The van der Waals surface area contributed by atoms with Gasteiger partial charge >= 0.3 is 6.18 Å². The first kappa shape index (κ1) is 25.3. The van der Waals surface area contributed by atoms with Crippen LogP contribution in [0.4, 0.5) is 13.2 Å². The van der Waals surface area contributed by atoms with Gasteiger partial charge in [-0.15, -0.1) is 24.0 Å². The summed E-state index contributed by atoms with van der Waals surface area (Å²) in [6, 6.07) is 0. The molecule has 1 aliphatic rings. The second kappa shape index (κ2) is 14.3. The maximum absolute atomic E-state index is 12.1. The molecule has 0 aromatic rings.